The zero-order chi connectivity index (χ0) is 17.9. The average Bonchev–Trinajstić information content (AvgIpc) is 2.91. The molecule has 0 radical (unpaired) electrons. The first-order valence-corrected chi connectivity index (χ1v) is 7.27. The number of carbonyl (C=O) groups excluding carboxylic acids is 1. The van der Waals surface area contributed by atoms with Gasteiger partial charge in [-0.15, -0.1) is 10.2 Å². The molecule has 2 atom stereocenters. The van der Waals surface area contributed by atoms with E-state index in [2.05, 4.69) is 20.8 Å². The summed E-state index contributed by atoms with van der Waals surface area (Å²) in [6.07, 6.45) is 1.51. The van der Waals surface area contributed by atoms with Gasteiger partial charge in [-0.1, -0.05) is 6.07 Å². The Hall–Kier alpha value is -2.55. The molecule has 130 valence electrons. The summed E-state index contributed by atoms with van der Waals surface area (Å²) in [6, 6.07) is 1.90. The molecule has 1 aromatic carbocycles. The predicted molar refractivity (Wildman–Crippen MR) is 81.9 cm³/mol. The topological polar surface area (TPSA) is 92.1 Å². The molecule has 2 amide bonds. The number of carbonyl (C=O) groups is 1. The monoisotopic (exact) mass is 339 g/mol. The molecule has 1 aromatic heterocycles. The molecule has 0 aliphatic rings. The average molecular weight is 339 g/mol. The van der Waals surface area contributed by atoms with Crippen LogP contribution in [-0.4, -0.2) is 32.4 Å². The van der Waals surface area contributed by atoms with Gasteiger partial charge in [-0.05, 0) is 19.9 Å². The van der Waals surface area contributed by atoms with Crippen molar-refractivity contribution in [2.75, 3.05) is 6.54 Å². The van der Waals surface area contributed by atoms with Crippen molar-refractivity contribution in [1.29, 1.82) is 0 Å². The number of hydrogen-bond acceptors (Lipinski definition) is 4. The van der Waals surface area contributed by atoms with Crippen molar-refractivity contribution in [3.8, 4) is 0 Å². The lowest BCUT2D eigenvalue weighted by atomic mass is 9.95. The normalized spacial score (nSPS) is 14.8. The Bertz CT molecular complexity index is 732. The van der Waals surface area contributed by atoms with E-state index in [0.717, 1.165) is 12.1 Å². The van der Waals surface area contributed by atoms with Gasteiger partial charge in [0.2, 0.25) is 0 Å². The highest BCUT2D eigenvalue weighted by molar-refractivity contribution is 5.74. The first-order valence-electron chi connectivity index (χ1n) is 7.27. The van der Waals surface area contributed by atoms with Crippen LogP contribution in [0.15, 0.2) is 24.5 Å². The minimum Gasteiger partial charge on any atom is -0.383 e. The molecule has 3 N–H and O–H groups in total. The van der Waals surface area contributed by atoms with Crippen LogP contribution in [0.5, 0.6) is 0 Å². The van der Waals surface area contributed by atoms with Crippen LogP contribution in [0.4, 0.5) is 13.6 Å². The summed E-state index contributed by atoms with van der Waals surface area (Å²) < 4.78 is 28.4. The molecule has 2 aromatic rings. The first-order chi connectivity index (χ1) is 11.2. The molecule has 0 spiro atoms. The molecule has 0 aliphatic heterocycles. The van der Waals surface area contributed by atoms with E-state index in [-0.39, 0.29) is 12.1 Å². The van der Waals surface area contributed by atoms with Crippen molar-refractivity contribution in [2.24, 2.45) is 7.05 Å². The number of amides is 2. The van der Waals surface area contributed by atoms with Crippen LogP contribution in [0.1, 0.15) is 31.3 Å². The SMILES string of the molecule is CC(NC(=O)NCC(C)(O)c1ccc(F)cc1F)c1nncn1C. The highest BCUT2D eigenvalue weighted by Gasteiger charge is 2.28. The van der Waals surface area contributed by atoms with Gasteiger partial charge < -0.3 is 20.3 Å². The minimum absolute atomic E-state index is 0.106. The van der Waals surface area contributed by atoms with Gasteiger partial charge >= 0.3 is 6.03 Å². The second-order valence-corrected chi connectivity index (χ2v) is 5.75. The Morgan fingerprint density at radius 3 is 2.75 bits per heavy atom. The maximum absolute atomic E-state index is 13.8. The molecular formula is C15H19F2N5O2. The van der Waals surface area contributed by atoms with E-state index in [1.807, 2.05) is 0 Å². The van der Waals surface area contributed by atoms with Crippen molar-refractivity contribution in [2.45, 2.75) is 25.5 Å². The van der Waals surface area contributed by atoms with Gasteiger partial charge in [0.15, 0.2) is 5.82 Å². The predicted octanol–water partition coefficient (Wildman–Crippen LogP) is 1.36. The summed E-state index contributed by atoms with van der Waals surface area (Å²) in [5, 5.41) is 23.0. The van der Waals surface area contributed by atoms with Gasteiger partial charge in [0, 0.05) is 18.7 Å². The number of aromatic nitrogens is 3. The zero-order valence-electron chi connectivity index (χ0n) is 13.5. The lowest BCUT2D eigenvalue weighted by molar-refractivity contribution is 0.0554. The number of halogens is 2. The van der Waals surface area contributed by atoms with E-state index in [4.69, 9.17) is 0 Å². The summed E-state index contributed by atoms with van der Waals surface area (Å²) in [5.74, 6) is -1.06. The lowest BCUT2D eigenvalue weighted by Crippen LogP contribution is -2.44. The quantitative estimate of drug-likeness (QED) is 0.767. The van der Waals surface area contributed by atoms with Gasteiger partial charge in [0.05, 0.1) is 12.6 Å². The van der Waals surface area contributed by atoms with Gasteiger partial charge in [-0.25, -0.2) is 13.6 Å². The van der Waals surface area contributed by atoms with Crippen LogP contribution in [0.25, 0.3) is 0 Å². The number of rotatable bonds is 5. The molecule has 0 aliphatic carbocycles. The summed E-state index contributed by atoms with van der Waals surface area (Å²) in [5.41, 5.74) is -1.80. The van der Waals surface area contributed by atoms with Crippen molar-refractivity contribution in [3.05, 3.63) is 47.5 Å². The van der Waals surface area contributed by atoms with Gasteiger partial charge in [-0.3, -0.25) is 0 Å². The van der Waals surface area contributed by atoms with Crippen molar-refractivity contribution >= 4 is 6.03 Å². The molecule has 7 nitrogen and oxygen atoms in total. The Morgan fingerprint density at radius 2 is 2.17 bits per heavy atom. The molecule has 1 heterocycles. The number of urea groups is 1. The maximum atomic E-state index is 13.8. The second kappa shape index (κ2) is 6.91. The molecular weight excluding hydrogens is 320 g/mol. The van der Waals surface area contributed by atoms with Crippen molar-refractivity contribution in [3.63, 3.8) is 0 Å². The third kappa shape index (κ3) is 4.05. The van der Waals surface area contributed by atoms with E-state index >= 15 is 0 Å². The fourth-order valence-corrected chi connectivity index (χ4v) is 2.27. The van der Waals surface area contributed by atoms with Crippen molar-refractivity contribution in [1.82, 2.24) is 25.4 Å². The first kappa shape index (κ1) is 17.8. The molecule has 2 rings (SSSR count). The number of nitrogens with zero attached hydrogens (tertiary/aromatic N) is 3. The van der Waals surface area contributed by atoms with Gasteiger partial charge in [0.1, 0.15) is 23.6 Å². The Balaban J connectivity index is 1.96. The molecule has 2 unspecified atom stereocenters. The maximum Gasteiger partial charge on any atom is 0.315 e. The van der Waals surface area contributed by atoms with Crippen LogP contribution >= 0.6 is 0 Å². The van der Waals surface area contributed by atoms with E-state index < -0.39 is 29.3 Å². The zero-order valence-corrected chi connectivity index (χ0v) is 13.5. The van der Waals surface area contributed by atoms with Crippen LogP contribution < -0.4 is 10.6 Å². The fourth-order valence-electron chi connectivity index (χ4n) is 2.27. The fraction of sp³-hybridized carbons (Fsp3) is 0.400. The summed E-state index contributed by atoms with van der Waals surface area (Å²) in [7, 11) is 1.74. The third-order valence-electron chi connectivity index (χ3n) is 3.59. The lowest BCUT2D eigenvalue weighted by Gasteiger charge is -2.25. The number of hydrogen-bond donors (Lipinski definition) is 3. The highest BCUT2D eigenvalue weighted by atomic mass is 19.1. The van der Waals surface area contributed by atoms with Crippen LogP contribution in [0.3, 0.4) is 0 Å². The Labute approximate surface area is 137 Å². The number of aryl methyl sites for hydroxylation is 1. The molecule has 24 heavy (non-hydrogen) atoms. The van der Waals surface area contributed by atoms with E-state index in [1.165, 1.54) is 13.3 Å². The van der Waals surface area contributed by atoms with Crippen LogP contribution in [0.2, 0.25) is 0 Å². The smallest absolute Gasteiger partial charge is 0.315 e. The van der Waals surface area contributed by atoms with E-state index in [9.17, 15) is 18.7 Å². The number of benzene rings is 1. The third-order valence-corrected chi connectivity index (χ3v) is 3.59. The largest absolute Gasteiger partial charge is 0.383 e. The Morgan fingerprint density at radius 1 is 1.46 bits per heavy atom. The molecule has 0 fully saturated rings. The number of aliphatic hydroxyl groups is 1. The molecule has 0 saturated heterocycles. The molecule has 9 heteroatoms. The van der Waals surface area contributed by atoms with Gasteiger partial charge in [-0.2, -0.15) is 0 Å². The minimum atomic E-state index is -1.69. The van der Waals surface area contributed by atoms with Gasteiger partial charge in [0.25, 0.3) is 0 Å². The van der Waals surface area contributed by atoms with Crippen molar-refractivity contribution < 1.29 is 18.7 Å². The standard InChI is InChI=1S/C15H19F2N5O2/c1-9(13-21-19-8-22(13)3)20-14(23)18-7-15(2,24)11-5-4-10(16)6-12(11)17/h4-6,8-9,24H,7H2,1-3H3,(H2,18,20,23). The Kier molecular flexibility index (Phi) is 5.13. The highest BCUT2D eigenvalue weighted by Crippen LogP contribution is 2.23. The van der Waals surface area contributed by atoms with E-state index in [1.54, 1.807) is 18.5 Å². The summed E-state index contributed by atoms with van der Waals surface area (Å²) >= 11 is 0. The summed E-state index contributed by atoms with van der Waals surface area (Å²) in [6.45, 7) is 2.80. The van der Waals surface area contributed by atoms with Crippen LogP contribution in [-0.2, 0) is 12.6 Å². The molecule has 0 bridgehead atoms. The second-order valence-electron chi connectivity index (χ2n) is 5.75. The van der Waals surface area contributed by atoms with E-state index in [0.29, 0.717) is 11.9 Å². The summed E-state index contributed by atoms with van der Waals surface area (Å²) in [4.78, 5) is 11.9. The van der Waals surface area contributed by atoms with Crippen LogP contribution in [0, 0.1) is 11.6 Å². The number of nitrogens with one attached hydrogen (secondary N) is 2. The molecule has 0 saturated carbocycles.